The van der Waals surface area contributed by atoms with Crippen molar-refractivity contribution >= 4 is 5.97 Å². The van der Waals surface area contributed by atoms with Crippen molar-refractivity contribution < 1.29 is 28.5 Å². The van der Waals surface area contributed by atoms with Crippen molar-refractivity contribution in [2.75, 3.05) is 20.0 Å². The molecule has 0 spiro atoms. The van der Waals surface area contributed by atoms with Gasteiger partial charge in [-0.05, 0) is 54.8 Å². The first-order chi connectivity index (χ1) is 12.8. The molecule has 0 amide bonds. The molecule has 0 aromatic heterocycles. The molecule has 26 heavy (non-hydrogen) atoms. The van der Waals surface area contributed by atoms with Gasteiger partial charge in [0.1, 0.15) is 19.0 Å². The first kappa shape index (κ1) is 16.7. The number of hydrogen-bond donors (Lipinski definition) is 0. The minimum absolute atomic E-state index is 0.168. The first-order valence-corrected chi connectivity index (χ1v) is 8.68. The van der Waals surface area contributed by atoms with E-state index in [1.165, 1.54) is 0 Å². The highest BCUT2D eigenvalue weighted by molar-refractivity contribution is 5.89. The van der Waals surface area contributed by atoms with Crippen molar-refractivity contribution in [1.82, 2.24) is 0 Å². The van der Waals surface area contributed by atoms with Crippen molar-refractivity contribution in [2.24, 2.45) is 0 Å². The molecule has 0 aliphatic carbocycles. The summed E-state index contributed by atoms with van der Waals surface area (Å²) in [6.45, 7) is 1.74. The molecule has 1 saturated heterocycles. The second kappa shape index (κ2) is 7.66. The molecule has 1 fully saturated rings. The standard InChI is InChI=1S/C20H20O6/c21-20(24-11-14-3-8-18-19(10-14)26-13-25-18)15-4-6-16(7-5-15)23-12-17-2-1-9-22-17/h3-8,10,17H,1-2,9,11-13H2/t17-/m0/s1. The highest BCUT2D eigenvalue weighted by Crippen LogP contribution is 2.32. The number of ether oxygens (including phenoxy) is 5. The van der Waals surface area contributed by atoms with Gasteiger partial charge >= 0.3 is 5.97 Å². The van der Waals surface area contributed by atoms with Gasteiger partial charge in [-0.15, -0.1) is 0 Å². The molecular weight excluding hydrogens is 336 g/mol. The molecule has 0 unspecified atom stereocenters. The third-order valence-corrected chi connectivity index (χ3v) is 4.36. The Bertz CT molecular complexity index is 764. The molecule has 6 nitrogen and oxygen atoms in total. The topological polar surface area (TPSA) is 63.2 Å². The van der Waals surface area contributed by atoms with E-state index in [1.54, 1.807) is 24.3 Å². The fraction of sp³-hybridized carbons (Fsp3) is 0.350. The number of hydrogen-bond acceptors (Lipinski definition) is 6. The van der Waals surface area contributed by atoms with Crippen LogP contribution in [0, 0.1) is 0 Å². The highest BCUT2D eigenvalue weighted by atomic mass is 16.7. The van der Waals surface area contributed by atoms with Crippen LogP contribution in [0.15, 0.2) is 42.5 Å². The van der Waals surface area contributed by atoms with E-state index in [0.29, 0.717) is 29.4 Å². The second-order valence-electron chi connectivity index (χ2n) is 6.23. The number of fused-ring (bicyclic) bond motifs is 1. The summed E-state index contributed by atoms with van der Waals surface area (Å²) in [4.78, 5) is 12.2. The van der Waals surface area contributed by atoms with Gasteiger partial charge in [0, 0.05) is 6.61 Å². The predicted octanol–water partition coefficient (Wildman–Crippen LogP) is 3.33. The van der Waals surface area contributed by atoms with E-state index in [-0.39, 0.29) is 25.5 Å². The Balaban J connectivity index is 1.28. The lowest BCUT2D eigenvalue weighted by Gasteiger charge is -2.11. The van der Waals surface area contributed by atoms with Crippen LogP contribution < -0.4 is 14.2 Å². The number of rotatable bonds is 6. The maximum absolute atomic E-state index is 12.2. The Hall–Kier alpha value is -2.73. The molecule has 0 radical (unpaired) electrons. The van der Waals surface area contributed by atoms with Crippen molar-refractivity contribution in [2.45, 2.75) is 25.6 Å². The van der Waals surface area contributed by atoms with Gasteiger partial charge in [0.15, 0.2) is 11.5 Å². The largest absolute Gasteiger partial charge is 0.491 e. The smallest absolute Gasteiger partial charge is 0.338 e. The summed E-state index contributed by atoms with van der Waals surface area (Å²) in [5.41, 5.74) is 1.33. The molecule has 0 bridgehead atoms. The fourth-order valence-corrected chi connectivity index (χ4v) is 2.92. The van der Waals surface area contributed by atoms with Gasteiger partial charge in [-0.3, -0.25) is 0 Å². The van der Waals surface area contributed by atoms with Crippen molar-refractivity contribution in [3.8, 4) is 17.2 Å². The lowest BCUT2D eigenvalue weighted by molar-refractivity contribution is 0.0472. The Morgan fingerprint density at radius 1 is 1.08 bits per heavy atom. The number of carbonyl (C=O) groups is 1. The normalized spacial score (nSPS) is 17.9. The zero-order valence-corrected chi connectivity index (χ0v) is 14.3. The number of carbonyl (C=O) groups excluding carboxylic acids is 1. The zero-order valence-electron chi connectivity index (χ0n) is 14.3. The van der Waals surface area contributed by atoms with Crippen molar-refractivity contribution in [3.63, 3.8) is 0 Å². The molecule has 136 valence electrons. The average Bonchev–Trinajstić information content (AvgIpc) is 3.36. The van der Waals surface area contributed by atoms with Crippen LogP contribution in [0.4, 0.5) is 0 Å². The molecular formula is C20H20O6. The summed E-state index contributed by atoms with van der Waals surface area (Å²) >= 11 is 0. The Morgan fingerprint density at radius 3 is 2.73 bits per heavy atom. The van der Waals surface area contributed by atoms with E-state index in [1.807, 2.05) is 18.2 Å². The Morgan fingerprint density at radius 2 is 1.92 bits per heavy atom. The lowest BCUT2D eigenvalue weighted by Crippen LogP contribution is -2.16. The van der Waals surface area contributed by atoms with E-state index in [0.717, 1.165) is 25.0 Å². The van der Waals surface area contributed by atoms with Gasteiger partial charge in [0.2, 0.25) is 6.79 Å². The Kier molecular flexibility index (Phi) is 4.93. The molecule has 2 aliphatic heterocycles. The minimum atomic E-state index is -0.381. The maximum atomic E-state index is 12.2. The third kappa shape index (κ3) is 3.91. The fourth-order valence-electron chi connectivity index (χ4n) is 2.92. The van der Waals surface area contributed by atoms with Gasteiger partial charge < -0.3 is 23.7 Å². The number of esters is 1. The van der Waals surface area contributed by atoms with Gasteiger partial charge in [0.05, 0.1) is 11.7 Å². The molecule has 2 aromatic carbocycles. The van der Waals surface area contributed by atoms with Crippen LogP contribution in [0.2, 0.25) is 0 Å². The monoisotopic (exact) mass is 356 g/mol. The molecule has 0 N–H and O–H groups in total. The van der Waals surface area contributed by atoms with Crippen LogP contribution in [0.1, 0.15) is 28.8 Å². The van der Waals surface area contributed by atoms with Gasteiger partial charge in [-0.2, -0.15) is 0 Å². The van der Waals surface area contributed by atoms with E-state index >= 15 is 0 Å². The van der Waals surface area contributed by atoms with Crippen molar-refractivity contribution in [1.29, 1.82) is 0 Å². The highest BCUT2D eigenvalue weighted by Gasteiger charge is 2.17. The van der Waals surface area contributed by atoms with Crippen LogP contribution in [0.3, 0.4) is 0 Å². The predicted molar refractivity (Wildman–Crippen MR) is 92.6 cm³/mol. The van der Waals surface area contributed by atoms with Gasteiger partial charge in [-0.25, -0.2) is 4.79 Å². The van der Waals surface area contributed by atoms with Crippen molar-refractivity contribution in [3.05, 3.63) is 53.6 Å². The molecule has 2 heterocycles. The first-order valence-electron chi connectivity index (χ1n) is 8.68. The van der Waals surface area contributed by atoms with Crippen LogP contribution in [0.25, 0.3) is 0 Å². The van der Waals surface area contributed by atoms with E-state index in [4.69, 9.17) is 23.7 Å². The third-order valence-electron chi connectivity index (χ3n) is 4.36. The second-order valence-corrected chi connectivity index (χ2v) is 6.23. The van der Waals surface area contributed by atoms with Crippen LogP contribution in [0.5, 0.6) is 17.2 Å². The SMILES string of the molecule is O=C(OCc1ccc2c(c1)OCO2)c1ccc(OC[C@@H]2CCCO2)cc1. The summed E-state index contributed by atoms with van der Waals surface area (Å²) in [6, 6.07) is 12.4. The zero-order chi connectivity index (χ0) is 17.8. The van der Waals surface area contributed by atoms with Crippen LogP contribution >= 0.6 is 0 Å². The number of benzene rings is 2. The molecule has 2 aromatic rings. The van der Waals surface area contributed by atoms with E-state index in [2.05, 4.69) is 0 Å². The molecule has 4 rings (SSSR count). The molecule has 6 heteroatoms. The van der Waals surface area contributed by atoms with E-state index in [9.17, 15) is 4.79 Å². The summed E-state index contributed by atoms with van der Waals surface area (Å²) in [7, 11) is 0. The summed E-state index contributed by atoms with van der Waals surface area (Å²) in [5.74, 6) is 1.71. The average molecular weight is 356 g/mol. The van der Waals surface area contributed by atoms with Crippen LogP contribution in [-0.2, 0) is 16.1 Å². The summed E-state index contributed by atoms with van der Waals surface area (Å²) in [5, 5.41) is 0. The maximum Gasteiger partial charge on any atom is 0.338 e. The minimum Gasteiger partial charge on any atom is -0.491 e. The lowest BCUT2D eigenvalue weighted by atomic mass is 10.2. The molecule has 0 saturated carbocycles. The van der Waals surface area contributed by atoms with Gasteiger partial charge in [-0.1, -0.05) is 6.07 Å². The van der Waals surface area contributed by atoms with E-state index < -0.39 is 0 Å². The van der Waals surface area contributed by atoms with Gasteiger partial charge in [0.25, 0.3) is 0 Å². The Labute approximate surface area is 151 Å². The summed E-state index contributed by atoms with van der Waals surface area (Å²) in [6.07, 6.45) is 2.29. The molecule has 1 atom stereocenters. The van der Waals surface area contributed by atoms with Crippen LogP contribution in [-0.4, -0.2) is 32.1 Å². The molecule has 2 aliphatic rings. The summed E-state index contributed by atoms with van der Waals surface area (Å²) < 4.78 is 27.2. The quantitative estimate of drug-likeness (QED) is 0.740.